The van der Waals surface area contributed by atoms with Gasteiger partial charge >= 0.3 is 0 Å². The Morgan fingerprint density at radius 2 is 2.18 bits per heavy atom. The molecule has 0 aliphatic carbocycles. The molecule has 0 spiro atoms. The van der Waals surface area contributed by atoms with E-state index in [0.717, 1.165) is 11.1 Å². The van der Waals surface area contributed by atoms with Crippen LogP contribution in [-0.2, 0) is 0 Å². The highest BCUT2D eigenvalue weighted by molar-refractivity contribution is 5.94. The lowest BCUT2D eigenvalue weighted by molar-refractivity contribution is 0.0943. The summed E-state index contributed by atoms with van der Waals surface area (Å²) in [4.78, 5) is 11.8. The predicted molar refractivity (Wildman–Crippen MR) is 67.7 cm³/mol. The number of carbonyl (C=O) groups is 1. The van der Waals surface area contributed by atoms with Crippen molar-refractivity contribution >= 4 is 5.91 Å². The summed E-state index contributed by atoms with van der Waals surface area (Å²) in [6, 6.07) is 5.49. The predicted octanol–water partition coefficient (Wildman–Crippen LogP) is 1.48. The lowest BCUT2D eigenvalue weighted by Gasteiger charge is -2.09. The first kappa shape index (κ1) is 13.3. The third-order valence-electron chi connectivity index (χ3n) is 2.22. The van der Waals surface area contributed by atoms with Gasteiger partial charge in [0.05, 0.1) is 0 Å². The summed E-state index contributed by atoms with van der Waals surface area (Å²) in [5, 5.41) is 11.5. The highest BCUT2D eigenvalue weighted by Crippen LogP contribution is 2.10. The minimum Gasteiger partial charge on any atom is -0.384 e. The van der Waals surface area contributed by atoms with Crippen LogP contribution in [-0.4, -0.2) is 23.7 Å². The molecule has 0 aromatic heterocycles. The Hall–Kier alpha value is -1.79. The summed E-state index contributed by atoms with van der Waals surface area (Å²) in [6.45, 7) is 5.57. The summed E-state index contributed by atoms with van der Waals surface area (Å²) in [6.07, 6.45) is 0. The number of benzene rings is 1. The minimum absolute atomic E-state index is 0.105. The monoisotopic (exact) mass is 231 g/mol. The molecule has 2 N–H and O–H groups in total. The Morgan fingerprint density at radius 1 is 1.47 bits per heavy atom. The van der Waals surface area contributed by atoms with Crippen LogP contribution in [0.3, 0.4) is 0 Å². The Labute approximate surface area is 102 Å². The van der Waals surface area contributed by atoms with E-state index in [4.69, 9.17) is 5.11 Å². The van der Waals surface area contributed by atoms with Crippen molar-refractivity contribution in [3.8, 4) is 11.8 Å². The fourth-order valence-corrected chi connectivity index (χ4v) is 1.38. The maximum Gasteiger partial charge on any atom is 0.251 e. The van der Waals surface area contributed by atoms with Gasteiger partial charge in [-0.1, -0.05) is 17.9 Å². The van der Waals surface area contributed by atoms with Gasteiger partial charge in [0.2, 0.25) is 0 Å². The Morgan fingerprint density at radius 3 is 2.76 bits per heavy atom. The van der Waals surface area contributed by atoms with E-state index in [2.05, 4.69) is 17.2 Å². The molecular formula is C14H17NO2. The van der Waals surface area contributed by atoms with Crippen molar-refractivity contribution in [1.82, 2.24) is 5.32 Å². The molecule has 0 atom stereocenters. The molecule has 0 unspecified atom stereocenters. The molecule has 0 saturated carbocycles. The average Bonchev–Trinajstić information content (AvgIpc) is 2.27. The molecule has 0 aliphatic rings. The van der Waals surface area contributed by atoms with Gasteiger partial charge in [-0.05, 0) is 38.5 Å². The zero-order valence-electron chi connectivity index (χ0n) is 10.4. The number of aliphatic hydroxyl groups is 1. The normalized spacial score (nSPS) is 9.71. The number of amides is 1. The molecule has 1 aromatic carbocycles. The molecule has 0 radical (unpaired) electrons. The van der Waals surface area contributed by atoms with Crippen LogP contribution in [0.1, 0.15) is 35.3 Å². The number of hydrogen-bond acceptors (Lipinski definition) is 2. The summed E-state index contributed by atoms with van der Waals surface area (Å²) in [5.41, 5.74) is 2.36. The van der Waals surface area contributed by atoms with Crippen LogP contribution in [0.2, 0.25) is 0 Å². The Bertz CT molecular complexity index is 467. The van der Waals surface area contributed by atoms with Crippen LogP contribution < -0.4 is 5.32 Å². The Kier molecular flexibility index (Phi) is 4.74. The highest BCUT2D eigenvalue weighted by atomic mass is 16.2. The number of aryl methyl sites for hydroxylation is 1. The molecule has 1 aromatic rings. The molecule has 0 aliphatic heterocycles. The molecule has 1 rings (SSSR count). The van der Waals surface area contributed by atoms with Gasteiger partial charge in [-0.15, -0.1) is 0 Å². The van der Waals surface area contributed by atoms with Gasteiger partial charge in [0.25, 0.3) is 5.91 Å². The van der Waals surface area contributed by atoms with E-state index >= 15 is 0 Å². The fraction of sp³-hybridized carbons (Fsp3) is 0.357. The van der Waals surface area contributed by atoms with E-state index in [1.165, 1.54) is 0 Å². The summed E-state index contributed by atoms with van der Waals surface area (Å²) < 4.78 is 0. The van der Waals surface area contributed by atoms with Crippen molar-refractivity contribution in [3.05, 3.63) is 34.9 Å². The summed E-state index contributed by atoms with van der Waals surface area (Å²) in [5.74, 6) is 5.31. The molecule has 3 nitrogen and oxygen atoms in total. The molecule has 17 heavy (non-hydrogen) atoms. The second-order valence-electron chi connectivity index (χ2n) is 4.12. The summed E-state index contributed by atoms with van der Waals surface area (Å²) in [7, 11) is 0. The topological polar surface area (TPSA) is 49.3 Å². The van der Waals surface area contributed by atoms with Crippen LogP contribution in [0.15, 0.2) is 18.2 Å². The molecule has 3 heteroatoms. The van der Waals surface area contributed by atoms with Gasteiger partial charge in [0.15, 0.2) is 0 Å². The lowest BCUT2D eigenvalue weighted by Crippen LogP contribution is -2.30. The third-order valence-corrected chi connectivity index (χ3v) is 2.22. The van der Waals surface area contributed by atoms with Crippen LogP contribution in [0.5, 0.6) is 0 Å². The van der Waals surface area contributed by atoms with Crippen molar-refractivity contribution in [3.63, 3.8) is 0 Å². The fourth-order valence-electron chi connectivity index (χ4n) is 1.38. The van der Waals surface area contributed by atoms with Crippen molar-refractivity contribution in [2.24, 2.45) is 0 Å². The first-order valence-electron chi connectivity index (χ1n) is 5.56. The standard InChI is InChI=1S/C14H17NO2/c1-10(2)15-14(17)13-7-6-11(3)12(9-13)5-4-8-16/h6-7,9-10,16H,8H2,1-3H3,(H,15,17). The Balaban J connectivity index is 2.99. The maximum absolute atomic E-state index is 11.8. The van der Waals surface area contributed by atoms with E-state index < -0.39 is 0 Å². The average molecular weight is 231 g/mol. The molecule has 0 bridgehead atoms. The van der Waals surface area contributed by atoms with Gasteiger partial charge < -0.3 is 10.4 Å². The number of nitrogens with one attached hydrogen (secondary N) is 1. The van der Waals surface area contributed by atoms with Crippen molar-refractivity contribution in [2.75, 3.05) is 6.61 Å². The second-order valence-corrected chi connectivity index (χ2v) is 4.12. The van der Waals surface area contributed by atoms with Gasteiger partial charge in [-0.25, -0.2) is 0 Å². The van der Waals surface area contributed by atoms with Crippen molar-refractivity contribution < 1.29 is 9.90 Å². The van der Waals surface area contributed by atoms with E-state index in [1.54, 1.807) is 12.1 Å². The molecule has 0 heterocycles. The van der Waals surface area contributed by atoms with Gasteiger partial charge in [0.1, 0.15) is 6.61 Å². The molecule has 0 fully saturated rings. The first-order valence-corrected chi connectivity index (χ1v) is 5.56. The minimum atomic E-state index is -0.179. The first-order chi connectivity index (χ1) is 8.04. The van der Waals surface area contributed by atoms with E-state index in [-0.39, 0.29) is 18.6 Å². The molecule has 0 saturated heterocycles. The highest BCUT2D eigenvalue weighted by Gasteiger charge is 2.08. The SMILES string of the molecule is Cc1ccc(C(=O)NC(C)C)cc1C#CCO. The van der Waals surface area contributed by atoms with Gasteiger partial charge in [-0.2, -0.15) is 0 Å². The van der Waals surface area contributed by atoms with E-state index in [9.17, 15) is 4.79 Å². The third kappa shape index (κ3) is 3.93. The quantitative estimate of drug-likeness (QED) is 0.757. The zero-order valence-corrected chi connectivity index (χ0v) is 10.4. The maximum atomic E-state index is 11.8. The smallest absolute Gasteiger partial charge is 0.251 e. The van der Waals surface area contributed by atoms with Crippen LogP contribution in [0.4, 0.5) is 0 Å². The van der Waals surface area contributed by atoms with Gasteiger partial charge in [-0.3, -0.25) is 4.79 Å². The lowest BCUT2D eigenvalue weighted by atomic mass is 10.0. The zero-order chi connectivity index (χ0) is 12.8. The number of carbonyl (C=O) groups excluding carboxylic acids is 1. The molecule has 1 amide bonds. The summed E-state index contributed by atoms with van der Waals surface area (Å²) >= 11 is 0. The van der Waals surface area contributed by atoms with E-state index in [0.29, 0.717) is 5.56 Å². The largest absolute Gasteiger partial charge is 0.384 e. The van der Waals surface area contributed by atoms with Crippen molar-refractivity contribution in [2.45, 2.75) is 26.8 Å². The van der Waals surface area contributed by atoms with E-state index in [1.807, 2.05) is 26.8 Å². The number of rotatable bonds is 2. The number of hydrogen-bond donors (Lipinski definition) is 2. The number of aliphatic hydroxyl groups excluding tert-OH is 1. The van der Waals surface area contributed by atoms with Crippen LogP contribution in [0, 0.1) is 18.8 Å². The van der Waals surface area contributed by atoms with Crippen LogP contribution >= 0.6 is 0 Å². The van der Waals surface area contributed by atoms with Crippen molar-refractivity contribution in [1.29, 1.82) is 0 Å². The van der Waals surface area contributed by atoms with Crippen LogP contribution in [0.25, 0.3) is 0 Å². The molecular weight excluding hydrogens is 214 g/mol. The molecule has 90 valence electrons. The van der Waals surface area contributed by atoms with Gasteiger partial charge in [0, 0.05) is 17.2 Å². The second kappa shape index (κ2) is 6.07.